The third-order valence-corrected chi connectivity index (χ3v) is 4.86. The van der Waals surface area contributed by atoms with Gasteiger partial charge >= 0.3 is 0 Å². The van der Waals surface area contributed by atoms with Gasteiger partial charge in [0.25, 0.3) is 0 Å². The maximum absolute atomic E-state index is 10.5. The Morgan fingerprint density at radius 3 is 1.29 bits per heavy atom. The molecule has 0 saturated heterocycles. The van der Waals surface area contributed by atoms with Gasteiger partial charge in [-0.15, -0.1) is 0 Å². The molecule has 0 amide bonds. The second kappa shape index (κ2) is 4.92. The van der Waals surface area contributed by atoms with Crippen LogP contribution in [0.3, 0.4) is 0 Å². The number of rotatable bonds is 0. The smallest absolute Gasteiger partial charge is 0.121 e. The molecule has 0 bridgehead atoms. The lowest BCUT2D eigenvalue weighted by Gasteiger charge is -2.21. The van der Waals surface area contributed by atoms with Crippen molar-refractivity contribution >= 4 is 21.8 Å². The number of aryl methyl sites for hydroxylation is 1. The number of nitrogens with zero attached hydrogens (tertiary/aromatic N) is 1. The van der Waals surface area contributed by atoms with Crippen LogP contribution in [-0.4, -0.2) is 14.8 Å². The standard InChI is InChI=1S/C21H27NO2/c1-20(2,3)14-8-12-13-9-15(21(4,5)6)19(24)11-17(13)22(7)16(12)10-18(14)23/h8-11,23-24H,1-7H3. The van der Waals surface area contributed by atoms with E-state index in [2.05, 4.69) is 53.7 Å². The maximum Gasteiger partial charge on any atom is 0.121 e. The van der Waals surface area contributed by atoms with E-state index in [1.165, 1.54) is 0 Å². The summed E-state index contributed by atoms with van der Waals surface area (Å²) < 4.78 is 2.03. The van der Waals surface area contributed by atoms with Crippen molar-refractivity contribution in [2.75, 3.05) is 0 Å². The van der Waals surface area contributed by atoms with E-state index in [9.17, 15) is 10.2 Å². The SMILES string of the molecule is Cn1c2cc(O)c(C(C)(C)C)cc2c2cc(C(C)(C)C)c(O)cc21. The van der Waals surface area contributed by atoms with E-state index in [0.29, 0.717) is 11.5 Å². The lowest BCUT2D eigenvalue weighted by atomic mass is 9.84. The molecule has 3 rings (SSSR count). The number of hydrogen-bond acceptors (Lipinski definition) is 2. The van der Waals surface area contributed by atoms with Crippen LogP contribution in [0.1, 0.15) is 52.7 Å². The molecule has 3 aromatic rings. The zero-order chi connectivity index (χ0) is 18.0. The van der Waals surface area contributed by atoms with Crippen LogP contribution in [0.25, 0.3) is 21.8 Å². The molecule has 0 aliphatic heterocycles. The molecule has 0 spiro atoms. The zero-order valence-electron chi connectivity index (χ0n) is 15.7. The van der Waals surface area contributed by atoms with Crippen LogP contribution in [0.15, 0.2) is 24.3 Å². The van der Waals surface area contributed by atoms with Crippen LogP contribution >= 0.6 is 0 Å². The van der Waals surface area contributed by atoms with E-state index < -0.39 is 0 Å². The van der Waals surface area contributed by atoms with Gasteiger partial charge in [-0.1, -0.05) is 41.5 Å². The zero-order valence-corrected chi connectivity index (χ0v) is 15.7. The van der Waals surface area contributed by atoms with E-state index in [4.69, 9.17) is 0 Å². The first-order valence-corrected chi connectivity index (χ1v) is 8.40. The van der Waals surface area contributed by atoms with Crippen molar-refractivity contribution in [3.8, 4) is 11.5 Å². The van der Waals surface area contributed by atoms with Gasteiger partial charge < -0.3 is 14.8 Å². The normalized spacial score (nSPS) is 13.1. The molecule has 2 aromatic carbocycles. The first-order chi connectivity index (χ1) is 10.9. The second-order valence-electron chi connectivity index (χ2n) is 8.83. The highest BCUT2D eigenvalue weighted by atomic mass is 16.3. The summed E-state index contributed by atoms with van der Waals surface area (Å²) in [4.78, 5) is 0. The molecule has 0 atom stereocenters. The average Bonchev–Trinajstić information content (AvgIpc) is 2.67. The fraction of sp³-hybridized carbons (Fsp3) is 0.429. The van der Waals surface area contributed by atoms with Crippen LogP contribution in [0.4, 0.5) is 0 Å². The van der Waals surface area contributed by atoms with Gasteiger partial charge in [-0.05, 0) is 34.1 Å². The summed E-state index contributed by atoms with van der Waals surface area (Å²) in [5, 5.41) is 23.2. The summed E-state index contributed by atoms with van der Waals surface area (Å²) in [5.41, 5.74) is 3.55. The van der Waals surface area contributed by atoms with Gasteiger partial charge in [0.2, 0.25) is 0 Å². The third-order valence-electron chi connectivity index (χ3n) is 4.86. The van der Waals surface area contributed by atoms with Crippen LogP contribution in [-0.2, 0) is 17.9 Å². The summed E-state index contributed by atoms with van der Waals surface area (Å²) in [6, 6.07) is 7.86. The molecule has 0 aliphatic rings. The van der Waals surface area contributed by atoms with Crippen molar-refractivity contribution in [1.82, 2.24) is 4.57 Å². The number of fused-ring (bicyclic) bond motifs is 3. The predicted molar refractivity (Wildman–Crippen MR) is 101 cm³/mol. The lowest BCUT2D eigenvalue weighted by Crippen LogP contribution is -2.11. The first kappa shape index (κ1) is 16.7. The summed E-state index contributed by atoms with van der Waals surface area (Å²) in [7, 11) is 1.97. The Bertz CT molecular complexity index is 873. The summed E-state index contributed by atoms with van der Waals surface area (Å²) in [6.45, 7) is 12.6. The van der Waals surface area contributed by atoms with Gasteiger partial charge in [-0.25, -0.2) is 0 Å². The number of benzene rings is 2. The maximum atomic E-state index is 10.5. The Hall–Kier alpha value is -2.16. The quantitative estimate of drug-likeness (QED) is 0.586. The van der Waals surface area contributed by atoms with Gasteiger partial charge in [-0.3, -0.25) is 0 Å². The average molecular weight is 325 g/mol. The molecule has 3 nitrogen and oxygen atoms in total. The topological polar surface area (TPSA) is 45.4 Å². The minimum absolute atomic E-state index is 0.135. The highest BCUT2D eigenvalue weighted by Gasteiger charge is 2.23. The van der Waals surface area contributed by atoms with Crippen LogP contribution < -0.4 is 0 Å². The van der Waals surface area contributed by atoms with E-state index in [1.807, 2.05) is 23.7 Å². The van der Waals surface area contributed by atoms with Crippen LogP contribution in [0.2, 0.25) is 0 Å². The van der Waals surface area contributed by atoms with E-state index in [-0.39, 0.29) is 10.8 Å². The summed E-state index contributed by atoms with van der Waals surface area (Å²) in [6.07, 6.45) is 0. The minimum atomic E-state index is -0.135. The molecule has 0 saturated carbocycles. The van der Waals surface area contributed by atoms with E-state index in [1.54, 1.807) is 0 Å². The van der Waals surface area contributed by atoms with Gasteiger partial charge in [0.1, 0.15) is 11.5 Å². The number of hydrogen-bond donors (Lipinski definition) is 2. The van der Waals surface area contributed by atoms with Crippen LogP contribution in [0, 0.1) is 0 Å². The Morgan fingerprint density at radius 1 is 0.667 bits per heavy atom. The summed E-state index contributed by atoms with van der Waals surface area (Å²) >= 11 is 0. The molecule has 0 fully saturated rings. The van der Waals surface area contributed by atoms with Crippen molar-refractivity contribution in [2.45, 2.75) is 52.4 Å². The molecule has 0 unspecified atom stereocenters. The Balaban J connectivity index is 2.47. The molecule has 24 heavy (non-hydrogen) atoms. The Labute approximate surface area is 143 Å². The van der Waals surface area contributed by atoms with Crippen molar-refractivity contribution in [3.05, 3.63) is 35.4 Å². The van der Waals surface area contributed by atoms with E-state index in [0.717, 1.165) is 32.9 Å². The monoisotopic (exact) mass is 325 g/mol. The van der Waals surface area contributed by atoms with E-state index >= 15 is 0 Å². The Morgan fingerprint density at radius 2 is 1.00 bits per heavy atom. The highest BCUT2D eigenvalue weighted by molar-refractivity contribution is 6.09. The molecule has 2 N–H and O–H groups in total. The lowest BCUT2D eigenvalue weighted by molar-refractivity contribution is 0.447. The summed E-state index contributed by atoms with van der Waals surface area (Å²) in [5.74, 6) is 0.641. The predicted octanol–water partition coefficient (Wildman–Crippen LogP) is 5.34. The molecular formula is C21H27NO2. The third kappa shape index (κ3) is 2.43. The fourth-order valence-electron chi connectivity index (χ4n) is 3.47. The number of phenols is 2. The van der Waals surface area contributed by atoms with Crippen molar-refractivity contribution in [3.63, 3.8) is 0 Å². The first-order valence-electron chi connectivity index (χ1n) is 8.40. The van der Waals surface area contributed by atoms with Crippen molar-refractivity contribution in [2.24, 2.45) is 7.05 Å². The largest absolute Gasteiger partial charge is 0.508 e. The molecule has 0 radical (unpaired) electrons. The van der Waals surface area contributed by atoms with Gasteiger partial charge in [0.05, 0.1) is 11.0 Å². The van der Waals surface area contributed by atoms with Crippen LogP contribution in [0.5, 0.6) is 11.5 Å². The second-order valence-corrected chi connectivity index (χ2v) is 8.83. The molecular weight excluding hydrogens is 298 g/mol. The Kier molecular flexibility index (Phi) is 3.42. The number of aromatic nitrogens is 1. The van der Waals surface area contributed by atoms with Crippen molar-refractivity contribution in [1.29, 1.82) is 0 Å². The number of phenolic OH excluding ortho intramolecular Hbond substituents is 2. The molecule has 3 heteroatoms. The molecule has 1 heterocycles. The van der Waals surface area contributed by atoms with Gasteiger partial charge in [0, 0.05) is 30.0 Å². The minimum Gasteiger partial charge on any atom is -0.508 e. The molecule has 1 aromatic heterocycles. The highest BCUT2D eigenvalue weighted by Crippen LogP contribution is 2.41. The van der Waals surface area contributed by atoms with Gasteiger partial charge in [0.15, 0.2) is 0 Å². The number of aromatic hydroxyl groups is 2. The molecule has 0 aliphatic carbocycles. The molecule has 128 valence electrons. The van der Waals surface area contributed by atoms with Crippen molar-refractivity contribution < 1.29 is 10.2 Å². The van der Waals surface area contributed by atoms with Gasteiger partial charge in [-0.2, -0.15) is 0 Å². The fourth-order valence-corrected chi connectivity index (χ4v) is 3.47.